The fourth-order valence-corrected chi connectivity index (χ4v) is 8.21. The van der Waals surface area contributed by atoms with E-state index in [4.69, 9.17) is 14.5 Å². The first kappa shape index (κ1) is 47.6. The van der Waals surface area contributed by atoms with E-state index in [9.17, 15) is 29.1 Å². The van der Waals surface area contributed by atoms with Crippen LogP contribution in [0.25, 0.3) is 0 Å². The Balaban J connectivity index is 1.79. The van der Waals surface area contributed by atoms with Gasteiger partial charge in [-0.25, -0.2) is 0 Å². The molecule has 0 spiro atoms. The van der Waals surface area contributed by atoms with Crippen LogP contribution < -0.4 is 26.6 Å². The quantitative estimate of drug-likeness (QED) is 0.170. The third-order valence-corrected chi connectivity index (χ3v) is 12.4. The molecule has 1 aromatic carbocycles. The molecule has 10 atom stereocenters. The van der Waals surface area contributed by atoms with Gasteiger partial charge < -0.3 is 40.7 Å². The zero-order valence-corrected chi connectivity index (χ0v) is 36.6. The zero-order chi connectivity index (χ0) is 43.7. The van der Waals surface area contributed by atoms with E-state index in [0.29, 0.717) is 37.3 Å². The van der Waals surface area contributed by atoms with Crippen LogP contribution in [0.4, 0.5) is 0 Å². The Hall–Kier alpha value is -4.09. The van der Waals surface area contributed by atoms with Crippen molar-refractivity contribution in [2.24, 2.45) is 10.9 Å². The van der Waals surface area contributed by atoms with Gasteiger partial charge in [-0.1, -0.05) is 62.8 Å². The Kier molecular flexibility index (Phi) is 16.9. The Bertz CT molecular complexity index is 1710. The number of nitrogens with zero attached hydrogens (tertiary/aromatic N) is 2. The summed E-state index contributed by atoms with van der Waals surface area (Å²) < 4.78 is 12.3. The second kappa shape index (κ2) is 20.9. The highest BCUT2D eigenvalue weighted by molar-refractivity contribution is 8.14. The molecule has 0 saturated carbocycles. The third-order valence-electron chi connectivity index (χ3n) is 11.2. The van der Waals surface area contributed by atoms with Gasteiger partial charge in [-0.2, -0.15) is 0 Å². The third kappa shape index (κ3) is 13.0. The lowest BCUT2D eigenvalue weighted by Crippen LogP contribution is -2.63. The number of aliphatic hydroxyl groups excluding tert-OH is 1. The van der Waals surface area contributed by atoms with Gasteiger partial charge >= 0.3 is 0 Å². The van der Waals surface area contributed by atoms with Crippen molar-refractivity contribution in [1.82, 2.24) is 31.5 Å². The number of nitrogens with one attached hydrogen (secondary N) is 5. The summed E-state index contributed by atoms with van der Waals surface area (Å²) in [6.45, 7) is 21.8. The average molecular weight is 840 g/mol. The van der Waals surface area contributed by atoms with Crippen molar-refractivity contribution in [2.45, 2.75) is 147 Å². The molecule has 0 aromatic heterocycles. The molecule has 3 unspecified atom stereocenters. The van der Waals surface area contributed by atoms with Crippen molar-refractivity contribution < 1.29 is 38.6 Å². The van der Waals surface area contributed by atoms with E-state index in [2.05, 4.69) is 39.7 Å². The van der Waals surface area contributed by atoms with E-state index in [1.165, 1.54) is 16.7 Å². The second-order valence-electron chi connectivity index (χ2n) is 16.8. The Morgan fingerprint density at radius 1 is 0.932 bits per heavy atom. The van der Waals surface area contributed by atoms with Crippen LogP contribution in [0.2, 0.25) is 0 Å². The first-order chi connectivity index (χ1) is 27.8. The normalized spacial score (nSPS) is 29.1. The van der Waals surface area contributed by atoms with Crippen molar-refractivity contribution in [3.8, 4) is 0 Å². The number of aliphatic hydroxyl groups is 1. The lowest BCUT2D eigenvalue weighted by molar-refractivity contribution is -0.141. The molecule has 1 fully saturated rings. The second-order valence-corrected chi connectivity index (χ2v) is 17.8. The van der Waals surface area contributed by atoms with Gasteiger partial charge in [0.25, 0.3) is 0 Å². The molecular formula is C43H65N7O8S. The minimum Gasteiger partial charge on any atom is -0.376 e. The molecule has 1 aromatic rings. The van der Waals surface area contributed by atoms with Crippen LogP contribution in [0.3, 0.4) is 0 Å². The number of fused-ring (bicyclic) bond motifs is 2. The molecule has 3 aliphatic heterocycles. The predicted molar refractivity (Wildman–Crippen MR) is 229 cm³/mol. The maximum atomic E-state index is 14.4. The largest absolute Gasteiger partial charge is 0.376 e. The SMILES string of the molecule is C=CC(C)(C)OC[C@@H]1NC(=O)C([C@@H](C)OC(C)(C)C=C)NC(=O)[C@@H]2CSC(=N2)C(Cc2ccccc2)NC(=O)[C@@H]2CCCN2C(=O)[C@H](C)NC(O)[C@H]([C@@H](C)CC)NC1=O. The highest BCUT2D eigenvalue weighted by Crippen LogP contribution is 2.26. The lowest BCUT2D eigenvalue weighted by Gasteiger charge is -2.35. The number of rotatable bonds is 12. The highest BCUT2D eigenvalue weighted by atomic mass is 32.2. The minimum absolute atomic E-state index is 0.246. The fraction of sp³-hybridized carbons (Fsp3) is 0.628. The molecule has 326 valence electrons. The predicted octanol–water partition coefficient (Wildman–Crippen LogP) is 2.38. The topological polar surface area (TPSA) is 200 Å². The van der Waals surface area contributed by atoms with Crippen molar-refractivity contribution in [3.05, 3.63) is 61.2 Å². The standard InChI is InChI=1S/C43H65N7O8S/c1-11-25(4)33-38(54)44-26(5)41(56)50-21-17-20-32(50)37(53)45-29(22-28-18-15-14-16-19-28)40-47-31(24-59-40)36(52)49-34(27(6)58-43(9,10)13-3)39(55)46-30(35(51)48-33)23-57-42(7,8)12-2/h12-16,18-19,25-27,29-34,38,44,54H,2-3,11,17,20-24H2,1,4-10H3,(H,45,53)(H,46,55)(H,48,51)(H,49,52)/t25-,26-,27+,29?,30-,31-,32-,33-,34?,38?/m0/s1. The number of hydrogen-bond donors (Lipinski definition) is 6. The number of carbonyl (C=O) groups is 5. The van der Waals surface area contributed by atoms with Gasteiger partial charge in [-0.15, -0.1) is 24.9 Å². The van der Waals surface area contributed by atoms with Gasteiger partial charge in [0, 0.05) is 12.3 Å². The number of carbonyl (C=O) groups excluding carboxylic acids is 5. The van der Waals surface area contributed by atoms with E-state index in [1.807, 2.05) is 44.2 Å². The molecule has 4 rings (SSSR count). The Labute approximate surface area is 353 Å². The molecular weight excluding hydrogens is 775 g/mol. The zero-order valence-electron chi connectivity index (χ0n) is 35.8. The summed E-state index contributed by atoms with van der Waals surface area (Å²) in [6, 6.07) is 2.83. The first-order valence-corrected chi connectivity index (χ1v) is 21.6. The summed E-state index contributed by atoms with van der Waals surface area (Å²) in [7, 11) is 0. The monoisotopic (exact) mass is 839 g/mol. The number of amides is 5. The molecule has 15 nitrogen and oxygen atoms in total. The van der Waals surface area contributed by atoms with Crippen molar-refractivity contribution in [1.29, 1.82) is 0 Å². The summed E-state index contributed by atoms with van der Waals surface area (Å²) in [5.74, 6) is -2.71. The van der Waals surface area contributed by atoms with Crippen LogP contribution in [-0.2, 0) is 39.9 Å². The Morgan fingerprint density at radius 2 is 1.59 bits per heavy atom. The molecule has 5 amide bonds. The Morgan fingerprint density at radius 3 is 2.24 bits per heavy atom. The van der Waals surface area contributed by atoms with Crippen LogP contribution in [-0.4, -0.2) is 129 Å². The molecule has 16 heteroatoms. The fourth-order valence-electron chi connectivity index (χ4n) is 7.11. The van der Waals surface area contributed by atoms with E-state index in [1.54, 1.807) is 53.7 Å². The molecule has 59 heavy (non-hydrogen) atoms. The maximum absolute atomic E-state index is 14.4. The van der Waals surface area contributed by atoms with Crippen LogP contribution in [0.1, 0.15) is 80.2 Å². The van der Waals surface area contributed by atoms with Gasteiger partial charge in [0.05, 0.1) is 47.1 Å². The highest BCUT2D eigenvalue weighted by Gasteiger charge is 2.41. The average Bonchev–Trinajstić information content (AvgIpc) is 3.91. The maximum Gasteiger partial charge on any atom is 0.246 e. The van der Waals surface area contributed by atoms with E-state index in [0.717, 1.165) is 5.56 Å². The molecule has 3 aliphatic rings. The summed E-state index contributed by atoms with van der Waals surface area (Å²) >= 11 is 1.34. The smallest absolute Gasteiger partial charge is 0.246 e. The van der Waals surface area contributed by atoms with Gasteiger partial charge in [0.15, 0.2) is 0 Å². The number of ether oxygens (including phenoxy) is 2. The van der Waals surface area contributed by atoms with E-state index in [-0.39, 0.29) is 30.1 Å². The summed E-state index contributed by atoms with van der Waals surface area (Å²) in [5, 5.41) is 26.8. The van der Waals surface area contributed by atoms with Gasteiger partial charge in [-0.3, -0.25) is 34.3 Å². The van der Waals surface area contributed by atoms with Crippen molar-refractivity contribution >= 4 is 46.3 Å². The van der Waals surface area contributed by atoms with E-state index >= 15 is 0 Å². The van der Waals surface area contributed by atoms with Gasteiger partial charge in [-0.05, 0) is 72.3 Å². The number of benzene rings is 1. The number of hydrogen-bond acceptors (Lipinski definition) is 11. The van der Waals surface area contributed by atoms with Crippen LogP contribution in [0, 0.1) is 5.92 Å². The van der Waals surface area contributed by atoms with Gasteiger partial charge in [0.1, 0.15) is 30.4 Å². The molecule has 0 aliphatic carbocycles. The van der Waals surface area contributed by atoms with Crippen molar-refractivity contribution in [2.75, 3.05) is 18.9 Å². The van der Waals surface area contributed by atoms with Crippen LogP contribution in [0.15, 0.2) is 60.6 Å². The first-order valence-electron chi connectivity index (χ1n) is 20.6. The van der Waals surface area contributed by atoms with Crippen LogP contribution >= 0.6 is 11.8 Å². The van der Waals surface area contributed by atoms with Gasteiger partial charge in [0.2, 0.25) is 29.5 Å². The molecule has 3 heterocycles. The molecule has 2 bridgehead atoms. The molecule has 6 N–H and O–H groups in total. The lowest BCUT2D eigenvalue weighted by atomic mass is 9.96. The number of aliphatic imine (C=N–C) groups is 1. The van der Waals surface area contributed by atoms with Crippen molar-refractivity contribution in [3.63, 3.8) is 0 Å². The van der Waals surface area contributed by atoms with Crippen LogP contribution in [0.5, 0.6) is 0 Å². The number of thioether (sulfide) groups is 1. The summed E-state index contributed by atoms with van der Waals surface area (Å²) in [6.07, 6.45) is 2.81. The molecule has 0 radical (unpaired) electrons. The molecule has 1 saturated heterocycles. The van der Waals surface area contributed by atoms with E-state index < -0.39 is 83.5 Å². The summed E-state index contributed by atoms with van der Waals surface area (Å²) in [5.41, 5.74) is -0.833. The minimum atomic E-state index is -1.40. The summed E-state index contributed by atoms with van der Waals surface area (Å²) in [4.78, 5) is 77.1.